The second kappa shape index (κ2) is 5.97. The summed E-state index contributed by atoms with van der Waals surface area (Å²) in [7, 11) is 0. The summed E-state index contributed by atoms with van der Waals surface area (Å²) < 4.78 is 16.0. The number of benzene rings is 1. The van der Waals surface area contributed by atoms with Crippen molar-refractivity contribution >= 4 is 28.8 Å². The van der Waals surface area contributed by atoms with Crippen LogP contribution in [0.15, 0.2) is 23.2 Å². The number of hydrogen-bond acceptors (Lipinski definition) is 2. The van der Waals surface area contributed by atoms with Gasteiger partial charge in [-0.3, -0.25) is 4.79 Å². The standard InChI is InChI=1S/C16H16ClFN2OS/c1-9-10(2)22-16(20(9)8-11-6-7-11)19-15(21)12-4-3-5-13(17)14(12)18/h3-5,11H,6-8H2,1-2H3/b19-16-. The molecule has 0 unspecified atom stereocenters. The van der Waals surface area contributed by atoms with Gasteiger partial charge in [-0.2, -0.15) is 4.99 Å². The lowest BCUT2D eigenvalue weighted by atomic mass is 10.2. The third-order valence-electron chi connectivity index (χ3n) is 3.91. The number of aromatic nitrogens is 1. The van der Waals surface area contributed by atoms with E-state index in [1.54, 1.807) is 6.07 Å². The normalized spacial score (nSPS) is 15.4. The van der Waals surface area contributed by atoms with E-state index in [-0.39, 0.29) is 10.6 Å². The van der Waals surface area contributed by atoms with Crippen molar-refractivity contribution in [2.45, 2.75) is 33.2 Å². The molecule has 2 aromatic rings. The van der Waals surface area contributed by atoms with E-state index in [1.165, 1.54) is 36.3 Å². The fourth-order valence-corrected chi connectivity index (χ4v) is 3.43. The van der Waals surface area contributed by atoms with Gasteiger partial charge < -0.3 is 4.57 Å². The molecular weight excluding hydrogens is 323 g/mol. The lowest BCUT2D eigenvalue weighted by molar-refractivity contribution is 0.0994. The minimum absolute atomic E-state index is 0.0644. The van der Waals surface area contributed by atoms with E-state index in [0.717, 1.165) is 17.1 Å². The van der Waals surface area contributed by atoms with E-state index < -0.39 is 11.7 Å². The molecule has 1 heterocycles. The van der Waals surface area contributed by atoms with Crippen LogP contribution in [0.2, 0.25) is 5.02 Å². The number of nitrogens with zero attached hydrogens (tertiary/aromatic N) is 2. The summed E-state index contributed by atoms with van der Waals surface area (Å²) in [4.78, 5) is 18.2. The second-order valence-corrected chi connectivity index (χ2v) is 7.19. The van der Waals surface area contributed by atoms with Crippen LogP contribution in [0.1, 0.15) is 33.8 Å². The SMILES string of the molecule is Cc1s/c(=N\C(=O)c2cccc(Cl)c2F)n(CC2CC2)c1C. The summed E-state index contributed by atoms with van der Waals surface area (Å²) in [5.41, 5.74) is 1.03. The minimum atomic E-state index is -0.711. The van der Waals surface area contributed by atoms with Crippen LogP contribution < -0.4 is 4.80 Å². The number of amides is 1. The first-order valence-electron chi connectivity index (χ1n) is 7.17. The van der Waals surface area contributed by atoms with Gasteiger partial charge in [0.1, 0.15) is 0 Å². The quantitative estimate of drug-likeness (QED) is 0.829. The molecule has 3 rings (SSSR count). The number of hydrogen-bond donors (Lipinski definition) is 0. The van der Waals surface area contributed by atoms with Gasteiger partial charge in [0.2, 0.25) is 0 Å². The van der Waals surface area contributed by atoms with E-state index in [4.69, 9.17) is 11.6 Å². The predicted molar refractivity (Wildman–Crippen MR) is 85.8 cm³/mol. The maximum atomic E-state index is 13.9. The second-order valence-electron chi connectivity index (χ2n) is 5.60. The molecule has 1 amide bonds. The first-order valence-corrected chi connectivity index (χ1v) is 8.36. The van der Waals surface area contributed by atoms with Gasteiger partial charge in [-0.1, -0.05) is 17.7 Å². The Kier molecular flexibility index (Phi) is 4.19. The number of carbonyl (C=O) groups excluding carboxylic acids is 1. The largest absolute Gasteiger partial charge is 0.320 e. The van der Waals surface area contributed by atoms with Crippen molar-refractivity contribution in [3.8, 4) is 0 Å². The summed E-state index contributed by atoms with van der Waals surface area (Å²) in [6.07, 6.45) is 2.44. The van der Waals surface area contributed by atoms with Gasteiger partial charge in [0.25, 0.3) is 5.91 Å². The van der Waals surface area contributed by atoms with Crippen LogP contribution in [-0.2, 0) is 6.54 Å². The molecule has 22 heavy (non-hydrogen) atoms. The van der Waals surface area contributed by atoms with Gasteiger partial charge in [-0.05, 0) is 44.7 Å². The average molecular weight is 339 g/mol. The molecule has 1 aromatic carbocycles. The molecule has 3 nitrogen and oxygen atoms in total. The van der Waals surface area contributed by atoms with Crippen molar-refractivity contribution in [2.75, 3.05) is 0 Å². The lowest BCUT2D eigenvalue weighted by Gasteiger charge is -2.05. The molecule has 0 atom stereocenters. The molecular formula is C16H16ClFN2OS. The zero-order chi connectivity index (χ0) is 15.9. The van der Waals surface area contributed by atoms with E-state index in [2.05, 4.69) is 9.56 Å². The van der Waals surface area contributed by atoms with Crippen LogP contribution >= 0.6 is 22.9 Å². The summed E-state index contributed by atoms with van der Waals surface area (Å²) >= 11 is 7.19. The first kappa shape index (κ1) is 15.4. The number of rotatable bonds is 3. The van der Waals surface area contributed by atoms with Crippen LogP contribution in [0.4, 0.5) is 4.39 Å². The molecule has 0 aliphatic heterocycles. The van der Waals surface area contributed by atoms with Crippen molar-refractivity contribution < 1.29 is 9.18 Å². The van der Waals surface area contributed by atoms with Crippen molar-refractivity contribution in [1.82, 2.24) is 4.57 Å². The molecule has 1 aliphatic rings. The molecule has 0 bridgehead atoms. The Labute approximate surface area is 137 Å². The Morgan fingerprint density at radius 2 is 2.18 bits per heavy atom. The third-order valence-corrected chi connectivity index (χ3v) is 5.29. The first-order chi connectivity index (χ1) is 10.5. The topological polar surface area (TPSA) is 34.4 Å². The van der Waals surface area contributed by atoms with Gasteiger partial charge in [-0.15, -0.1) is 11.3 Å². The molecule has 0 radical (unpaired) electrons. The highest BCUT2D eigenvalue weighted by Crippen LogP contribution is 2.31. The number of carbonyl (C=O) groups is 1. The smallest absolute Gasteiger partial charge is 0.282 e. The summed E-state index contributed by atoms with van der Waals surface area (Å²) in [5, 5.41) is -0.0644. The number of aryl methyl sites for hydroxylation is 1. The molecule has 0 N–H and O–H groups in total. The van der Waals surface area contributed by atoms with E-state index in [9.17, 15) is 9.18 Å². The average Bonchev–Trinajstić information content (AvgIpc) is 3.25. The van der Waals surface area contributed by atoms with Gasteiger partial charge in [0.15, 0.2) is 10.6 Å². The zero-order valence-electron chi connectivity index (χ0n) is 12.4. The molecule has 1 saturated carbocycles. The van der Waals surface area contributed by atoms with E-state index >= 15 is 0 Å². The molecule has 0 spiro atoms. The van der Waals surface area contributed by atoms with Crippen LogP contribution in [0.25, 0.3) is 0 Å². The minimum Gasteiger partial charge on any atom is -0.320 e. The van der Waals surface area contributed by atoms with Gasteiger partial charge in [-0.25, -0.2) is 4.39 Å². The van der Waals surface area contributed by atoms with Gasteiger partial charge in [0, 0.05) is 17.1 Å². The maximum absolute atomic E-state index is 13.9. The molecule has 6 heteroatoms. The van der Waals surface area contributed by atoms with Gasteiger partial charge in [0.05, 0.1) is 10.6 Å². The molecule has 1 aromatic heterocycles. The Bertz CT molecular complexity index is 805. The summed E-state index contributed by atoms with van der Waals surface area (Å²) in [5.74, 6) is -0.632. The molecule has 1 aliphatic carbocycles. The monoisotopic (exact) mass is 338 g/mol. The van der Waals surface area contributed by atoms with Crippen LogP contribution in [0.5, 0.6) is 0 Å². The van der Waals surface area contributed by atoms with E-state index in [0.29, 0.717) is 10.7 Å². The van der Waals surface area contributed by atoms with Crippen LogP contribution in [0.3, 0.4) is 0 Å². The Hall–Kier alpha value is -1.46. The Balaban J connectivity index is 2.02. The lowest BCUT2D eigenvalue weighted by Crippen LogP contribution is -2.19. The van der Waals surface area contributed by atoms with Gasteiger partial charge >= 0.3 is 0 Å². The highest BCUT2D eigenvalue weighted by Gasteiger charge is 2.23. The predicted octanol–water partition coefficient (Wildman–Crippen LogP) is 4.11. The third kappa shape index (κ3) is 3.01. The summed E-state index contributed by atoms with van der Waals surface area (Å²) in [6, 6.07) is 4.38. The zero-order valence-corrected chi connectivity index (χ0v) is 14.0. The highest BCUT2D eigenvalue weighted by molar-refractivity contribution is 7.09. The van der Waals surface area contributed by atoms with Crippen molar-refractivity contribution in [3.63, 3.8) is 0 Å². The van der Waals surface area contributed by atoms with Crippen LogP contribution in [0, 0.1) is 25.6 Å². The van der Waals surface area contributed by atoms with E-state index in [1.807, 2.05) is 13.8 Å². The van der Waals surface area contributed by atoms with Crippen molar-refractivity contribution in [1.29, 1.82) is 0 Å². The van der Waals surface area contributed by atoms with Crippen LogP contribution in [-0.4, -0.2) is 10.5 Å². The van der Waals surface area contributed by atoms with Crippen molar-refractivity contribution in [3.05, 3.63) is 50.0 Å². The maximum Gasteiger partial charge on any atom is 0.282 e. The Morgan fingerprint density at radius 3 is 2.86 bits per heavy atom. The summed E-state index contributed by atoms with van der Waals surface area (Å²) in [6.45, 7) is 4.91. The highest BCUT2D eigenvalue weighted by atomic mass is 35.5. The fraction of sp³-hybridized carbons (Fsp3) is 0.375. The molecule has 1 fully saturated rings. The Morgan fingerprint density at radius 1 is 1.45 bits per heavy atom. The number of thiazole rings is 1. The fourth-order valence-electron chi connectivity index (χ4n) is 2.27. The number of halogens is 2. The molecule has 116 valence electrons. The van der Waals surface area contributed by atoms with Crippen molar-refractivity contribution in [2.24, 2.45) is 10.9 Å². The molecule has 0 saturated heterocycles.